The second-order valence-electron chi connectivity index (χ2n) is 6.44. The first kappa shape index (κ1) is 15.6. The first-order chi connectivity index (χ1) is 10.6. The van der Waals surface area contributed by atoms with Gasteiger partial charge in [0.2, 0.25) is 5.91 Å². The van der Waals surface area contributed by atoms with Crippen LogP contribution in [0.25, 0.3) is 6.08 Å². The maximum atomic E-state index is 12.4. The number of benzene rings is 1. The van der Waals surface area contributed by atoms with E-state index in [9.17, 15) is 9.90 Å². The number of hydrogen-bond donors (Lipinski definition) is 1. The number of rotatable bonds is 2. The van der Waals surface area contributed by atoms with E-state index in [2.05, 4.69) is 0 Å². The molecule has 3 rings (SSSR count). The summed E-state index contributed by atoms with van der Waals surface area (Å²) < 4.78 is 0. The fourth-order valence-electron chi connectivity index (χ4n) is 3.65. The molecule has 4 heteroatoms. The van der Waals surface area contributed by atoms with E-state index in [0.717, 1.165) is 31.2 Å². The zero-order valence-corrected chi connectivity index (χ0v) is 13.4. The average molecular weight is 320 g/mol. The van der Waals surface area contributed by atoms with Crippen LogP contribution >= 0.6 is 11.6 Å². The molecule has 0 radical (unpaired) electrons. The van der Waals surface area contributed by atoms with Crippen LogP contribution in [-0.2, 0) is 4.79 Å². The van der Waals surface area contributed by atoms with Gasteiger partial charge in [0.1, 0.15) is 0 Å². The van der Waals surface area contributed by atoms with Gasteiger partial charge in [0.25, 0.3) is 0 Å². The fraction of sp³-hybridized carbons (Fsp3) is 0.500. The zero-order valence-electron chi connectivity index (χ0n) is 12.7. The Labute approximate surface area is 136 Å². The monoisotopic (exact) mass is 319 g/mol. The van der Waals surface area contributed by atoms with Crippen LogP contribution in [-0.4, -0.2) is 34.6 Å². The van der Waals surface area contributed by atoms with Crippen molar-refractivity contribution >= 4 is 23.6 Å². The summed E-state index contributed by atoms with van der Waals surface area (Å²) in [5, 5.41) is 11.3. The number of nitrogens with zero attached hydrogens (tertiary/aromatic N) is 1. The number of amides is 1. The standard InChI is InChI=1S/C18H22ClNO2/c19-16-7-2-1-5-14(16)8-9-17(21)20-12-11-18(22)10-4-3-6-15(18)13-20/h1-2,5,7-9,15,22H,3-4,6,10-13H2/b9-8+/t15-,18-/m1/s1. The molecule has 1 aromatic carbocycles. The second kappa shape index (κ2) is 6.43. The maximum absolute atomic E-state index is 12.4. The summed E-state index contributed by atoms with van der Waals surface area (Å²) >= 11 is 6.09. The highest BCUT2D eigenvalue weighted by atomic mass is 35.5. The fourth-order valence-corrected chi connectivity index (χ4v) is 3.85. The molecule has 3 nitrogen and oxygen atoms in total. The van der Waals surface area contributed by atoms with Crippen LogP contribution in [0.1, 0.15) is 37.7 Å². The minimum Gasteiger partial charge on any atom is -0.389 e. The van der Waals surface area contributed by atoms with Crippen LogP contribution < -0.4 is 0 Å². The zero-order chi connectivity index (χ0) is 15.6. The molecule has 1 N–H and O–H groups in total. The number of hydrogen-bond acceptors (Lipinski definition) is 2. The lowest BCUT2D eigenvalue weighted by molar-refractivity contribution is -0.138. The Morgan fingerprint density at radius 2 is 2.14 bits per heavy atom. The summed E-state index contributed by atoms with van der Waals surface area (Å²) in [6.45, 7) is 1.31. The number of aliphatic hydroxyl groups is 1. The Balaban J connectivity index is 1.65. The number of fused-ring (bicyclic) bond motifs is 1. The molecule has 1 saturated carbocycles. The van der Waals surface area contributed by atoms with Crippen molar-refractivity contribution in [3.8, 4) is 0 Å². The first-order valence-corrected chi connectivity index (χ1v) is 8.40. The van der Waals surface area contributed by atoms with Crippen molar-refractivity contribution in [2.75, 3.05) is 13.1 Å². The molecule has 2 aliphatic rings. The van der Waals surface area contributed by atoms with Gasteiger partial charge < -0.3 is 10.0 Å². The van der Waals surface area contributed by atoms with Gasteiger partial charge in [-0.1, -0.05) is 42.6 Å². The van der Waals surface area contributed by atoms with E-state index < -0.39 is 5.60 Å². The van der Waals surface area contributed by atoms with Crippen LogP contribution in [0.5, 0.6) is 0 Å². The third kappa shape index (κ3) is 3.21. The van der Waals surface area contributed by atoms with Gasteiger partial charge in [0, 0.05) is 30.1 Å². The van der Waals surface area contributed by atoms with Gasteiger partial charge in [0.15, 0.2) is 0 Å². The Hall–Kier alpha value is -1.32. The van der Waals surface area contributed by atoms with E-state index in [0.29, 0.717) is 24.5 Å². The quantitative estimate of drug-likeness (QED) is 0.847. The molecule has 118 valence electrons. The van der Waals surface area contributed by atoms with Crippen molar-refractivity contribution in [3.05, 3.63) is 40.9 Å². The number of piperidine rings is 1. The summed E-state index contributed by atoms with van der Waals surface area (Å²) in [5.74, 6) is 0.236. The van der Waals surface area contributed by atoms with Gasteiger partial charge in [-0.05, 0) is 37.0 Å². The predicted molar refractivity (Wildman–Crippen MR) is 88.6 cm³/mol. The largest absolute Gasteiger partial charge is 0.389 e. The molecule has 2 fully saturated rings. The van der Waals surface area contributed by atoms with E-state index >= 15 is 0 Å². The lowest BCUT2D eigenvalue weighted by atomic mass is 9.71. The van der Waals surface area contributed by atoms with Crippen molar-refractivity contribution in [2.45, 2.75) is 37.7 Å². The van der Waals surface area contributed by atoms with E-state index in [1.165, 1.54) is 0 Å². The molecule has 1 amide bonds. The van der Waals surface area contributed by atoms with Crippen molar-refractivity contribution < 1.29 is 9.90 Å². The molecule has 1 aliphatic carbocycles. The molecule has 1 saturated heterocycles. The van der Waals surface area contributed by atoms with Crippen molar-refractivity contribution in [3.63, 3.8) is 0 Å². The molecule has 0 aromatic heterocycles. The lowest BCUT2D eigenvalue weighted by Crippen LogP contribution is -2.54. The Bertz CT molecular complexity index is 586. The van der Waals surface area contributed by atoms with E-state index in [4.69, 9.17) is 11.6 Å². The van der Waals surface area contributed by atoms with Crippen LogP contribution in [0.15, 0.2) is 30.3 Å². The number of carbonyl (C=O) groups excluding carboxylic acids is 1. The van der Waals surface area contributed by atoms with Crippen LogP contribution in [0.3, 0.4) is 0 Å². The summed E-state index contributed by atoms with van der Waals surface area (Å²) in [6.07, 6.45) is 8.23. The van der Waals surface area contributed by atoms with E-state index in [1.807, 2.05) is 29.2 Å². The topological polar surface area (TPSA) is 40.5 Å². The molecule has 1 aliphatic heterocycles. The van der Waals surface area contributed by atoms with Crippen LogP contribution in [0.4, 0.5) is 0 Å². The van der Waals surface area contributed by atoms with Gasteiger partial charge in [-0.25, -0.2) is 0 Å². The Morgan fingerprint density at radius 1 is 1.32 bits per heavy atom. The van der Waals surface area contributed by atoms with Gasteiger partial charge in [-0.3, -0.25) is 4.79 Å². The third-order valence-electron chi connectivity index (χ3n) is 5.05. The van der Waals surface area contributed by atoms with Gasteiger partial charge in [-0.2, -0.15) is 0 Å². The smallest absolute Gasteiger partial charge is 0.246 e. The van der Waals surface area contributed by atoms with Crippen LogP contribution in [0, 0.1) is 5.92 Å². The van der Waals surface area contributed by atoms with Crippen molar-refractivity contribution in [1.29, 1.82) is 0 Å². The molecular weight excluding hydrogens is 298 g/mol. The molecule has 22 heavy (non-hydrogen) atoms. The molecule has 1 aromatic rings. The summed E-state index contributed by atoms with van der Waals surface area (Å²) in [4.78, 5) is 14.2. The van der Waals surface area contributed by atoms with E-state index in [-0.39, 0.29) is 11.8 Å². The molecule has 0 spiro atoms. The highest BCUT2D eigenvalue weighted by Crippen LogP contribution is 2.39. The van der Waals surface area contributed by atoms with Crippen molar-refractivity contribution in [2.24, 2.45) is 5.92 Å². The minimum atomic E-state index is -0.540. The molecule has 1 heterocycles. The Kier molecular flexibility index (Phi) is 4.55. The SMILES string of the molecule is O=C(/C=C/c1ccccc1Cl)N1CC[C@]2(O)CCCC[C@@H]2C1. The highest BCUT2D eigenvalue weighted by molar-refractivity contribution is 6.32. The second-order valence-corrected chi connectivity index (χ2v) is 6.84. The van der Waals surface area contributed by atoms with Gasteiger partial charge >= 0.3 is 0 Å². The first-order valence-electron chi connectivity index (χ1n) is 8.02. The Morgan fingerprint density at radius 3 is 2.95 bits per heavy atom. The summed E-state index contributed by atoms with van der Waals surface area (Å²) in [7, 11) is 0. The van der Waals surface area contributed by atoms with Gasteiger partial charge in [-0.15, -0.1) is 0 Å². The normalized spacial score (nSPS) is 28.6. The van der Waals surface area contributed by atoms with Crippen LogP contribution in [0.2, 0.25) is 5.02 Å². The minimum absolute atomic E-state index is 0.00698. The number of likely N-dealkylation sites (tertiary alicyclic amines) is 1. The highest BCUT2D eigenvalue weighted by Gasteiger charge is 2.43. The third-order valence-corrected chi connectivity index (χ3v) is 5.39. The van der Waals surface area contributed by atoms with Crippen molar-refractivity contribution in [1.82, 2.24) is 4.90 Å². The maximum Gasteiger partial charge on any atom is 0.246 e. The predicted octanol–water partition coefficient (Wildman–Crippen LogP) is 3.51. The summed E-state index contributed by atoms with van der Waals surface area (Å²) in [6, 6.07) is 7.48. The average Bonchev–Trinajstić information content (AvgIpc) is 2.53. The number of halogens is 1. The summed E-state index contributed by atoms with van der Waals surface area (Å²) in [5.41, 5.74) is 0.310. The van der Waals surface area contributed by atoms with Gasteiger partial charge in [0.05, 0.1) is 5.60 Å². The lowest BCUT2D eigenvalue weighted by Gasteiger charge is -2.47. The molecule has 2 atom stereocenters. The number of carbonyl (C=O) groups is 1. The van der Waals surface area contributed by atoms with E-state index in [1.54, 1.807) is 12.2 Å². The molecule has 0 bridgehead atoms. The molecule has 0 unspecified atom stereocenters. The molecular formula is C18H22ClNO2.